The summed E-state index contributed by atoms with van der Waals surface area (Å²) in [5.41, 5.74) is 4.22. The summed E-state index contributed by atoms with van der Waals surface area (Å²) in [6.07, 6.45) is -2.71. The van der Waals surface area contributed by atoms with Gasteiger partial charge >= 0.3 is 6.18 Å². The SMILES string of the molecule is NCc1cnncc1C(F)(F)F. The maximum atomic E-state index is 12.1. The van der Waals surface area contributed by atoms with E-state index in [1.165, 1.54) is 0 Å². The average Bonchev–Trinajstić information content (AvgIpc) is 2.03. The Hall–Kier alpha value is -1.17. The molecular weight excluding hydrogens is 171 g/mol. The molecule has 0 amide bonds. The van der Waals surface area contributed by atoms with Gasteiger partial charge in [0, 0.05) is 6.54 Å². The summed E-state index contributed by atoms with van der Waals surface area (Å²) in [7, 11) is 0. The van der Waals surface area contributed by atoms with Gasteiger partial charge in [-0.05, 0) is 5.56 Å². The molecule has 1 aromatic heterocycles. The first-order valence-corrected chi connectivity index (χ1v) is 3.12. The van der Waals surface area contributed by atoms with Crippen LogP contribution in [0.2, 0.25) is 0 Å². The quantitative estimate of drug-likeness (QED) is 0.694. The highest BCUT2D eigenvalue weighted by Gasteiger charge is 2.33. The van der Waals surface area contributed by atoms with Crippen molar-refractivity contribution in [3.63, 3.8) is 0 Å². The Morgan fingerprint density at radius 1 is 1.25 bits per heavy atom. The Bertz CT molecular complexity index is 271. The lowest BCUT2D eigenvalue weighted by atomic mass is 10.1. The summed E-state index contributed by atoms with van der Waals surface area (Å²) in [4.78, 5) is 0. The van der Waals surface area contributed by atoms with Gasteiger partial charge in [0.15, 0.2) is 0 Å². The summed E-state index contributed by atoms with van der Waals surface area (Å²) in [5, 5.41) is 6.43. The zero-order chi connectivity index (χ0) is 9.19. The van der Waals surface area contributed by atoms with E-state index in [0.717, 1.165) is 6.20 Å². The average molecular weight is 177 g/mol. The minimum atomic E-state index is -4.40. The minimum Gasteiger partial charge on any atom is -0.326 e. The molecule has 0 saturated heterocycles. The maximum Gasteiger partial charge on any atom is 0.418 e. The van der Waals surface area contributed by atoms with Crippen LogP contribution in [-0.2, 0) is 12.7 Å². The summed E-state index contributed by atoms with van der Waals surface area (Å²) in [6, 6.07) is 0. The van der Waals surface area contributed by atoms with Crippen LogP contribution in [0.1, 0.15) is 11.1 Å². The van der Waals surface area contributed by atoms with Crippen LogP contribution in [0.15, 0.2) is 12.4 Å². The molecule has 0 aliphatic heterocycles. The van der Waals surface area contributed by atoms with E-state index in [9.17, 15) is 13.2 Å². The summed E-state index contributed by atoms with van der Waals surface area (Å²) in [6.45, 7) is -0.190. The largest absolute Gasteiger partial charge is 0.418 e. The van der Waals surface area contributed by atoms with Crippen LogP contribution >= 0.6 is 0 Å². The molecule has 6 heteroatoms. The van der Waals surface area contributed by atoms with Gasteiger partial charge in [0.05, 0.1) is 18.0 Å². The van der Waals surface area contributed by atoms with Crippen molar-refractivity contribution < 1.29 is 13.2 Å². The van der Waals surface area contributed by atoms with E-state index in [4.69, 9.17) is 5.73 Å². The lowest BCUT2D eigenvalue weighted by Gasteiger charge is -2.08. The molecule has 0 saturated carbocycles. The van der Waals surface area contributed by atoms with E-state index in [-0.39, 0.29) is 12.1 Å². The van der Waals surface area contributed by atoms with Crippen LogP contribution in [0.25, 0.3) is 0 Å². The van der Waals surface area contributed by atoms with E-state index in [1.54, 1.807) is 0 Å². The highest BCUT2D eigenvalue weighted by Crippen LogP contribution is 2.30. The predicted molar refractivity (Wildman–Crippen MR) is 34.9 cm³/mol. The molecule has 0 fully saturated rings. The molecule has 0 bridgehead atoms. The predicted octanol–water partition coefficient (Wildman–Crippen LogP) is 0.954. The first-order chi connectivity index (χ1) is 5.55. The molecule has 0 aliphatic rings. The fourth-order valence-corrected chi connectivity index (χ4v) is 0.764. The number of rotatable bonds is 1. The third-order valence-corrected chi connectivity index (χ3v) is 1.34. The van der Waals surface area contributed by atoms with Crippen molar-refractivity contribution in [2.24, 2.45) is 5.73 Å². The summed E-state index contributed by atoms with van der Waals surface area (Å²) >= 11 is 0. The maximum absolute atomic E-state index is 12.1. The molecule has 0 aliphatic carbocycles. The number of nitrogens with two attached hydrogens (primary N) is 1. The van der Waals surface area contributed by atoms with Gasteiger partial charge in [-0.2, -0.15) is 23.4 Å². The smallest absolute Gasteiger partial charge is 0.326 e. The highest BCUT2D eigenvalue weighted by atomic mass is 19.4. The Morgan fingerprint density at radius 3 is 2.25 bits per heavy atom. The highest BCUT2D eigenvalue weighted by molar-refractivity contribution is 5.23. The van der Waals surface area contributed by atoms with E-state index in [0.29, 0.717) is 6.20 Å². The molecule has 0 unspecified atom stereocenters. The number of alkyl halides is 3. The van der Waals surface area contributed by atoms with Crippen molar-refractivity contribution in [2.75, 3.05) is 0 Å². The second-order valence-corrected chi connectivity index (χ2v) is 2.13. The summed E-state index contributed by atoms with van der Waals surface area (Å²) in [5.74, 6) is 0. The molecule has 2 N–H and O–H groups in total. The van der Waals surface area contributed by atoms with Gasteiger partial charge in [-0.1, -0.05) is 0 Å². The summed E-state index contributed by atoms with van der Waals surface area (Å²) < 4.78 is 36.3. The van der Waals surface area contributed by atoms with Crippen molar-refractivity contribution in [3.05, 3.63) is 23.5 Å². The van der Waals surface area contributed by atoms with Gasteiger partial charge < -0.3 is 5.73 Å². The number of hydrogen-bond acceptors (Lipinski definition) is 3. The molecule has 1 aromatic rings. The van der Waals surface area contributed by atoms with Crippen molar-refractivity contribution >= 4 is 0 Å². The fourth-order valence-electron chi connectivity index (χ4n) is 0.764. The molecule has 0 spiro atoms. The monoisotopic (exact) mass is 177 g/mol. The van der Waals surface area contributed by atoms with Crippen LogP contribution in [-0.4, -0.2) is 10.2 Å². The van der Waals surface area contributed by atoms with E-state index in [1.807, 2.05) is 0 Å². The molecule has 0 radical (unpaired) electrons. The molecular formula is C6H6F3N3. The second kappa shape index (κ2) is 3.06. The van der Waals surface area contributed by atoms with Crippen molar-refractivity contribution in [2.45, 2.75) is 12.7 Å². The van der Waals surface area contributed by atoms with E-state index >= 15 is 0 Å². The normalized spacial score (nSPS) is 11.7. The standard InChI is InChI=1S/C6H6F3N3/c7-6(8,9)5-3-12-11-2-4(5)1-10/h2-3H,1,10H2. The first-order valence-electron chi connectivity index (χ1n) is 3.12. The van der Waals surface area contributed by atoms with Crippen molar-refractivity contribution in [1.82, 2.24) is 10.2 Å². The number of nitrogens with zero attached hydrogens (tertiary/aromatic N) is 2. The van der Waals surface area contributed by atoms with Gasteiger partial charge in [-0.3, -0.25) is 0 Å². The Kier molecular flexibility index (Phi) is 2.27. The van der Waals surface area contributed by atoms with Crippen LogP contribution in [0.4, 0.5) is 13.2 Å². The van der Waals surface area contributed by atoms with E-state index < -0.39 is 11.7 Å². The topological polar surface area (TPSA) is 51.8 Å². The van der Waals surface area contributed by atoms with E-state index in [2.05, 4.69) is 10.2 Å². The van der Waals surface area contributed by atoms with Crippen LogP contribution in [0.3, 0.4) is 0 Å². The van der Waals surface area contributed by atoms with Crippen LogP contribution in [0, 0.1) is 0 Å². The fraction of sp³-hybridized carbons (Fsp3) is 0.333. The second-order valence-electron chi connectivity index (χ2n) is 2.13. The Morgan fingerprint density at radius 2 is 1.83 bits per heavy atom. The van der Waals surface area contributed by atoms with Gasteiger partial charge in [0.2, 0.25) is 0 Å². The lowest BCUT2D eigenvalue weighted by Crippen LogP contribution is -2.12. The van der Waals surface area contributed by atoms with Gasteiger partial charge in [-0.15, -0.1) is 0 Å². The Balaban J connectivity index is 3.14. The van der Waals surface area contributed by atoms with Gasteiger partial charge in [0.25, 0.3) is 0 Å². The third kappa shape index (κ3) is 1.70. The zero-order valence-corrected chi connectivity index (χ0v) is 5.97. The molecule has 1 rings (SSSR count). The lowest BCUT2D eigenvalue weighted by molar-refractivity contribution is -0.138. The van der Waals surface area contributed by atoms with Gasteiger partial charge in [-0.25, -0.2) is 0 Å². The van der Waals surface area contributed by atoms with Crippen LogP contribution in [0.5, 0.6) is 0 Å². The molecule has 66 valence electrons. The van der Waals surface area contributed by atoms with Crippen molar-refractivity contribution in [3.8, 4) is 0 Å². The third-order valence-electron chi connectivity index (χ3n) is 1.34. The Labute approximate surface area is 66.4 Å². The van der Waals surface area contributed by atoms with Crippen molar-refractivity contribution in [1.29, 1.82) is 0 Å². The molecule has 1 heterocycles. The number of halogens is 3. The van der Waals surface area contributed by atoms with Crippen LogP contribution < -0.4 is 5.73 Å². The number of aromatic nitrogens is 2. The molecule has 3 nitrogen and oxygen atoms in total. The first kappa shape index (κ1) is 8.92. The minimum absolute atomic E-state index is 0.0440. The number of hydrogen-bond donors (Lipinski definition) is 1. The molecule has 0 aromatic carbocycles. The molecule has 12 heavy (non-hydrogen) atoms. The van der Waals surface area contributed by atoms with Gasteiger partial charge in [0.1, 0.15) is 0 Å². The molecule has 0 atom stereocenters. The zero-order valence-electron chi connectivity index (χ0n) is 5.97.